The zero-order valence-corrected chi connectivity index (χ0v) is 9.83. The van der Waals surface area contributed by atoms with E-state index in [0.29, 0.717) is 12.5 Å². The van der Waals surface area contributed by atoms with E-state index < -0.39 is 0 Å². The summed E-state index contributed by atoms with van der Waals surface area (Å²) in [5.41, 5.74) is 0.941. The van der Waals surface area contributed by atoms with Gasteiger partial charge in [-0.2, -0.15) is 15.2 Å². The highest BCUT2D eigenvalue weighted by molar-refractivity contribution is 5.60. The molecule has 5 nitrogen and oxygen atoms in total. The number of hydrogen-bond acceptors (Lipinski definition) is 5. The van der Waals surface area contributed by atoms with E-state index in [2.05, 4.69) is 9.98 Å². The maximum atomic E-state index is 8.95. The molecule has 0 N–H and O–H groups in total. The quantitative estimate of drug-likeness (QED) is 0.609. The van der Waals surface area contributed by atoms with Gasteiger partial charge < -0.3 is 9.15 Å². The number of rotatable bonds is 4. The summed E-state index contributed by atoms with van der Waals surface area (Å²) in [5.74, 6) is 0.528. The lowest BCUT2D eigenvalue weighted by molar-refractivity contribution is 0.343. The van der Waals surface area contributed by atoms with Crippen molar-refractivity contribution in [1.82, 2.24) is 4.98 Å². The van der Waals surface area contributed by atoms with E-state index in [-0.39, 0.29) is 11.6 Å². The van der Waals surface area contributed by atoms with E-state index in [4.69, 9.17) is 14.4 Å². The van der Waals surface area contributed by atoms with Crippen LogP contribution in [0.2, 0.25) is 0 Å². The van der Waals surface area contributed by atoms with Crippen molar-refractivity contribution in [1.29, 1.82) is 5.26 Å². The number of ether oxygens (including phenoxy) is 1. The summed E-state index contributed by atoms with van der Waals surface area (Å²) in [6.07, 6.45) is 1.25. The molecular formula is C13H11N3O2. The van der Waals surface area contributed by atoms with Crippen molar-refractivity contribution in [3.63, 3.8) is 0 Å². The number of hydrogen-bond donors (Lipinski definition) is 0. The molecule has 0 fully saturated rings. The van der Waals surface area contributed by atoms with Gasteiger partial charge in [0.2, 0.25) is 11.6 Å². The highest BCUT2D eigenvalue weighted by Crippen LogP contribution is 2.26. The first kappa shape index (κ1) is 11.9. The molecule has 0 amide bonds. The monoisotopic (exact) mass is 241 g/mol. The molecule has 1 heterocycles. The van der Waals surface area contributed by atoms with Crippen LogP contribution in [0.25, 0.3) is 11.5 Å². The minimum Gasteiger partial charge on any atom is -0.483 e. The van der Waals surface area contributed by atoms with E-state index in [0.717, 1.165) is 5.56 Å². The minimum atomic E-state index is 0.143. The number of aromatic nitrogens is 1. The molecule has 2 aromatic rings. The van der Waals surface area contributed by atoms with Crippen molar-refractivity contribution in [2.45, 2.75) is 6.92 Å². The van der Waals surface area contributed by atoms with Gasteiger partial charge in [0.25, 0.3) is 5.88 Å². The molecule has 5 heteroatoms. The molecule has 1 aromatic carbocycles. The highest BCUT2D eigenvalue weighted by Gasteiger charge is 2.13. The second kappa shape index (κ2) is 5.64. The van der Waals surface area contributed by atoms with Gasteiger partial charge in [0.1, 0.15) is 6.07 Å². The topological polar surface area (TPSA) is 71.4 Å². The van der Waals surface area contributed by atoms with E-state index in [1.807, 2.05) is 43.3 Å². The minimum absolute atomic E-state index is 0.143. The molecular weight excluding hydrogens is 230 g/mol. The predicted octanol–water partition coefficient (Wildman–Crippen LogP) is 2.91. The third-order valence-electron chi connectivity index (χ3n) is 2.15. The molecule has 18 heavy (non-hydrogen) atoms. The van der Waals surface area contributed by atoms with Crippen molar-refractivity contribution in [3.8, 4) is 17.5 Å². The van der Waals surface area contributed by atoms with Crippen LogP contribution in [-0.4, -0.2) is 18.0 Å². The second-order valence-electron chi connectivity index (χ2n) is 3.34. The molecule has 0 aliphatic carbocycles. The first-order valence-corrected chi connectivity index (χ1v) is 5.45. The maximum absolute atomic E-state index is 8.95. The van der Waals surface area contributed by atoms with Gasteiger partial charge in [0, 0.05) is 5.56 Å². The van der Waals surface area contributed by atoms with Crippen molar-refractivity contribution in [2.24, 2.45) is 4.99 Å². The molecule has 0 bridgehead atoms. The fourth-order valence-electron chi connectivity index (χ4n) is 1.34. The molecule has 0 aliphatic heterocycles. The van der Waals surface area contributed by atoms with Crippen LogP contribution in [0, 0.1) is 11.3 Å². The molecule has 0 saturated heterocycles. The SMILES string of the molecule is CCOC=Nc1oc(-c2ccccc2)nc1C#N. The van der Waals surface area contributed by atoms with Gasteiger partial charge in [-0.05, 0) is 19.1 Å². The fraction of sp³-hybridized carbons (Fsp3) is 0.154. The molecule has 0 saturated carbocycles. The Morgan fingerprint density at radius 1 is 1.44 bits per heavy atom. The lowest BCUT2D eigenvalue weighted by Gasteiger charge is -1.92. The van der Waals surface area contributed by atoms with Crippen LogP contribution in [0.15, 0.2) is 39.7 Å². The van der Waals surface area contributed by atoms with Crippen LogP contribution in [0.5, 0.6) is 0 Å². The fourth-order valence-corrected chi connectivity index (χ4v) is 1.34. The van der Waals surface area contributed by atoms with Crippen LogP contribution < -0.4 is 0 Å². The Morgan fingerprint density at radius 3 is 2.89 bits per heavy atom. The van der Waals surface area contributed by atoms with Crippen molar-refractivity contribution < 1.29 is 9.15 Å². The Bertz CT molecular complexity index is 582. The lowest BCUT2D eigenvalue weighted by Crippen LogP contribution is -1.83. The van der Waals surface area contributed by atoms with Crippen molar-refractivity contribution in [2.75, 3.05) is 6.61 Å². The summed E-state index contributed by atoms with van der Waals surface area (Å²) in [6, 6.07) is 11.3. The summed E-state index contributed by atoms with van der Waals surface area (Å²) >= 11 is 0. The molecule has 0 aliphatic rings. The average Bonchev–Trinajstić information content (AvgIpc) is 2.83. The third kappa shape index (κ3) is 2.55. The smallest absolute Gasteiger partial charge is 0.261 e. The number of nitrogens with zero attached hydrogens (tertiary/aromatic N) is 3. The average molecular weight is 241 g/mol. The van der Waals surface area contributed by atoms with E-state index >= 15 is 0 Å². The van der Waals surface area contributed by atoms with Gasteiger partial charge in [-0.25, -0.2) is 0 Å². The Labute approximate surface area is 104 Å². The number of aliphatic imine (C=N–C) groups is 1. The molecule has 0 spiro atoms. The number of nitriles is 1. The molecule has 0 unspecified atom stereocenters. The first-order valence-electron chi connectivity index (χ1n) is 5.45. The maximum Gasteiger partial charge on any atom is 0.261 e. The Kier molecular flexibility index (Phi) is 3.72. The van der Waals surface area contributed by atoms with Crippen LogP contribution in [0.1, 0.15) is 12.6 Å². The van der Waals surface area contributed by atoms with Gasteiger partial charge in [-0.15, -0.1) is 0 Å². The summed E-state index contributed by atoms with van der Waals surface area (Å²) in [4.78, 5) is 7.99. The van der Waals surface area contributed by atoms with Crippen LogP contribution >= 0.6 is 0 Å². The predicted molar refractivity (Wildman–Crippen MR) is 66.4 cm³/mol. The summed E-state index contributed by atoms with van der Waals surface area (Å²) in [7, 11) is 0. The molecule has 2 rings (SSSR count). The number of benzene rings is 1. The van der Waals surface area contributed by atoms with Crippen molar-refractivity contribution >= 4 is 12.3 Å². The van der Waals surface area contributed by atoms with Gasteiger partial charge in [-0.1, -0.05) is 18.2 Å². The summed E-state index contributed by atoms with van der Waals surface area (Å²) in [6.45, 7) is 2.35. The van der Waals surface area contributed by atoms with Gasteiger partial charge in [0.15, 0.2) is 6.40 Å². The third-order valence-corrected chi connectivity index (χ3v) is 2.15. The Hall–Kier alpha value is -2.61. The van der Waals surface area contributed by atoms with E-state index in [9.17, 15) is 0 Å². The normalized spacial score (nSPS) is 10.4. The summed E-state index contributed by atoms with van der Waals surface area (Å²) < 4.78 is 10.4. The van der Waals surface area contributed by atoms with Gasteiger partial charge >= 0.3 is 0 Å². The molecule has 0 atom stereocenters. The number of oxazole rings is 1. The largest absolute Gasteiger partial charge is 0.483 e. The molecule has 90 valence electrons. The highest BCUT2D eigenvalue weighted by atomic mass is 16.5. The molecule has 0 radical (unpaired) electrons. The zero-order valence-electron chi connectivity index (χ0n) is 9.83. The Balaban J connectivity index is 2.33. The standard InChI is InChI=1S/C13H11N3O2/c1-2-17-9-15-13-11(8-14)16-12(18-13)10-6-4-3-5-7-10/h3-7,9H,2H2,1H3. The van der Waals surface area contributed by atoms with Gasteiger partial charge in [-0.3, -0.25) is 0 Å². The van der Waals surface area contributed by atoms with E-state index in [1.54, 1.807) is 0 Å². The van der Waals surface area contributed by atoms with Crippen LogP contribution in [-0.2, 0) is 4.74 Å². The lowest BCUT2D eigenvalue weighted by atomic mass is 10.2. The second-order valence-corrected chi connectivity index (χ2v) is 3.34. The van der Waals surface area contributed by atoms with Crippen LogP contribution in [0.4, 0.5) is 5.88 Å². The van der Waals surface area contributed by atoms with Crippen LogP contribution in [0.3, 0.4) is 0 Å². The Morgan fingerprint density at radius 2 is 2.22 bits per heavy atom. The molecule has 1 aromatic heterocycles. The van der Waals surface area contributed by atoms with E-state index in [1.165, 1.54) is 6.40 Å². The van der Waals surface area contributed by atoms with Crippen molar-refractivity contribution in [3.05, 3.63) is 36.0 Å². The first-order chi connectivity index (χ1) is 8.85. The summed E-state index contributed by atoms with van der Waals surface area (Å²) in [5, 5.41) is 8.95. The zero-order chi connectivity index (χ0) is 12.8. The van der Waals surface area contributed by atoms with Gasteiger partial charge in [0.05, 0.1) is 6.61 Å².